The molecule has 139 heavy (non-hydrogen) atoms. The lowest BCUT2D eigenvalue weighted by molar-refractivity contribution is -0.133. The highest BCUT2D eigenvalue weighted by atomic mass is 35.5. The van der Waals surface area contributed by atoms with Crippen LogP contribution in [0.15, 0.2) is 328 Å². The number of hydrogen-bond acceptors (Lipinski definition) is 10. The number of amides is 4. The molecule has 0 N–H and O–H groups in total. The van der Waals surface area contributed by atoms with Crippen molar-refractivity contribution in [2.75, 3.05) is 98.1 Å². The number of carbonyl (C=O) groups excluding carboxylic acids is 6. The highest BCUT2D eigenvalue weighted by molar-refractivity contribution is 6.42. The van der Waals surface area contributed by atoms with Crippen LogP contribution in [0.3, 0.4) is 0 Å². The number of piperazine rings is 4. The summed E-state index contributed by atoms with van der Waals surface area (Å²) in [6, 6.07) is 103. The summed E-state index contributed by atoms with van der Waals surface area (Å²) in [6.45, 7) is 6.62. The topological polar surface area (TPSA) is 128 Å². The molecule has 4 aliphatic heterocycles. The Morgan fingerprint density at radius 1 is 0.259 bits per heavy atom. The summed E-state index contributed by atoms with van der Waals surface area (Å²) in [7, 11) is 0. The second-order valence-electron chi connectivity index (χ2n) is 34.2. The molecule has 4 atom stereocenters. The second-order valence-corrected chi connectivity index (χ2v) is 40.1. The summed E-state index contributed by atoms with van der Waals surface area (Å²) in [5.74, 6) is -1.87. The number of fused-ring (bicyclic) bond motifs is 1. The predicted molar refractivity (Wildman–Crippen MR) is 572 cm³/mol. The first-order valence-corrected chi connectivity index (χ1v) is 50.3. The van der Waals surface area contributed by atoms with Crippen molar-refractivity contribution < 1.29 is 28.8 Å². The summed E-state index contributed by atoms with van der Waals surface area (Å²) >= 11 is 87.4. The van der Waals surface area contributed by atoms with Gasteiger partial charge in [0.25, 0.3) is 0 Å². The molecule has 0 saturated carbocycles. The summed E-state index contributed by atoms with van der Waals surface area (Å²) < 4.78 is 0. The van der Waals surface area contributed by atoms with Crippen molar-refractivity contribution in [3.63, 3.8) is 0 Å². The predicted octanol–water partition coefficient (Wildman–Crippen LogP) is 29.5. The van der Waals surface area contributed by atoms with E-state index in [0.717, 1.165) is 78.4 Å². The first-order valence-electron chi connectivity index (χ1n) is 45.0. The van der Waals surface area contributed by atoms with Crippen LogP contribution in [-0.4, -0.2) is 133 Å². The van der Waals surface area contributed by atoms with Crippen LogP contribution in [0.5, 0.6) is 0 Å². The molecular weight excluding hydrogens is 2040 g/mol. The number of benzene rings is 14. The van der Waals surface area contributed by atoms with Crippen molar-refractivity contribution in [2.24, 2.45) is 5.92 Å². The Bertz CT molecular complexity index is 6670. The molecule has 4 amide bonds. The third-order valence-corrected chi connectivity index (χ3v) is 29.4. The van der Waals surface area contributed by atoms with Crippen LogP contribution in [0.1, 0.15) is 102 Å². The number of Topliss-reactive ketones (excluding diaryl/α,β-unsaturated/α-hetero) is 2. The van der Waals surface area contributed by atoms with Gasteiger partial charge in [-0.2, -0.15) is 0 Å². The number of halogens is 14. The van der Waals surface area contributed by atoms with Gasteiger partial charge in [-0.05, 0) is 189 Å². The molecule has 4 heterocycles. The maximum Gasteiger partial charge on any atom is 0.234 e. The molecule has 14 aromatic carbocycles. The zero-order valence-corrected chi connectivity index (χ0v) is 85.1. The van der Waals surface area contributed by atoms with E-state index in [4.69, 9.17) is 162 Å². The van der Waals surface area contributed by atoms with Crippen LogP contribution in [0.2, 0.25) is 70.3 Å². The average Bonchev–Trinajstić information content (AvgIpc) is 1.72. The normalized spacial score (nSPS) is 16.5. The van der Waals surface area contributed by atoms with Gasteiger partial charge in [0.15, 0.2) is 11.6 Å². The average molecular weight is 2130 g/mol. The van der Waals surface area contributed by atoms with Gasteiger partial charge < -0.3 is 39.2 Å². The maximum absolute atomic E-state index is 14.1. The van der Waals surface area contributed by atoms with Crippen molar-refractivity contribution in [1.82, 2.24) is 19.6 Å². The van der Waals surface area contributed by atoms with Crippen molar-refractivity contribution in [3.05, 3.63) is 454 Å². The molecular formula is C111H90Cl14N8O6. The molecule has 4 unspecified atom stereocenters. The summed E-state index contributed by atoms with van der Waals surface area (Å²) in [4.78, 5) is 95.9. The van der Waals surface area contributed by atoms with Gasteiger partial charge in [0.2, 0.25) is 23.6 Å². The minimum atomic E-state index is -0.961. The van der Waals surface area contributed by atoms with Crippen LogP contribution in [-0.2, 0) is 32.0 Å². The summed E-state index contributed by atoms with van der Waals surface area (Å²) in [6.07, 6.45) is 0.484. The number of nitrogens with zero attached hydrogens (tertiary/aromatic N) is 8. The lowest BCUT2D eigenvalue weighted by Crippen LogP contribution is -2.52. The van der Waals surface area contributed by atoms with Crippen LogP contribution in [0, 0.1) is 5.92 Å². The van der Waals surface area contributed by atoms with E-state index in [0.29, 0.717) is 166 Å². The van der Waals surface area contributed by atoms with Crippen molar-refractivity contribution in [2.45, 2.75) is 49.3 Å². The van der Waals surface area contributed by atoms with E-state index in [1.165, 1.54) is 0 Å². The molecule has 19 rings (SSSR count). The summed E-state index contributed by atoms with van der Waals surface area (Å²) in [5, 5.41) is 8.14. The number of ketones is 2. The molecule has 14 nitrogen and oxygen atoms in total. The van der Waals surface area contributed by atoms with Gasteiger partial charge in [-0.15, -0.1) is 0 Å². The third kappa shape index (κ3) is 25.0. The van der Waals surface area contributed by atoms with Crippen LogP contribution < -0.4 is 19.6 Å². The van der Waals surface area contributed by atoms with E-state index in [2.05, 4.69) is 43.9 Å². The molecule has 0 bridgehead atoms. The van der Waals surface area contributed by atoms with E-state index < -0.39 is 5.92 Å². The number of carbonyl (C=O) groups is 6. The van der Waals surface area contributed by atoms with Crippen LogP contribution in [0.25, 0.3) is 11.1 Å². The minimum absolute atomic E-state index is 0.0317. The van der Waals surface area contributed by atoms with Gasteiger partial charge in [0.05, 0.1) is 102 Å². The van der Waals surface area contributed by atoms with Gasteiger partial charge >= 0.3 is 0 Å². The smallest absolute Gasteiger partial charge is 0.234 e. The maximum atomic E-state index is 14.1. The van der Waals surface area contributed by atoms with Crippen LogP contribution >= 0.6 is 162 Å². The van der Waals surface area contributed by atoms with E-state index in [-0.39, 0.29) is 78.1 Å². The Morgan fingerprint density at radius 2 is 0.547 bits per heavy atom. The molecule has 708 valence electrons. The molecule has 0 aromatic heterocycles. The van der Waals surface area contributed by atoms with E-state index >= 15 is 0 Å². The van der Waals surface area contributed by atoms with E-state index in [1.54, 1.807) is 71.6 Å². The molecule has 4 fully saturated rings. The highest BCUT2D eigenvalue weighted by Gasteiger charge is 2.43. The van der Waals surface area contributed by atoms with Gasteiger partial charge in [-0.3, -0.25) is 28.8 Å². The fraction of sp³-hybridized carbons (Fsp3) is 0.189. The van der Waals surface area contributed by atoms with E-state index in [9.17, 15) is 28.8 Å². The van der Waals surface area contributed by atoms with Gasteiger partial charge in [-0.1, -0.05) is 357 Å². The van der Waals surface area contributed by atoms with Gasteiger partial charge in [0, 0.05) is 136 Å². The lowest BCUT2D eigenvalue weighted by Gasteiger charge is -2.44. The SMILES string of the molecule is O=C(C(c1ccccc1)c1ccccc1)N1CCN(c2ccc(Cl)cc2Cl)C(c2ccc(Cl)cc2)C1.O=C(Cc1ccc(-c2ccccc2)cc1)N1CCN(c2ccc(Cl)cc2Cl)C(c2ccc(Cl)cc2)C1.O=C(Cc1ccc(Cl)c(Cl)c1)N1CCN(c2ccc(Cl)cc2Cl)C(c2ccc(Cl)cc2)C1.O=C1c2ccccc2C(=O)C1CC(=O)N1CCN(c2ccc(Cl)cc2Cl)C(c2ccc(Cl)cc2)C1. The molecule has 5 aliphatic rings. The quantitative estimate of drug-likeness (QED) is 0.0766. The Kier molecular flexibility index (Phi) is 34.3. The fourth-order valence-corrected chi connectivity index (χ4v) is 21.3. The first-order chi connectivity index (χ1) is 67.1. The number of hydrogen-bond donors (Lipinski definition) is 0. The van der Waals surface area contributed by atoms with E-state index in [1.807, 2.05) is 251 Å². The van der Waals surface area contributed by atoms with Gasteiger partial charge in [0.1, 0.15) is 0 Å². The second kappa shape index (κ2) is 47.0. The monoisotopic (exact) mass is 2120 g/mol. The largest absolute Gasteiger partial charge is 0.360 e. The molecule has 0 spiro atoms. The molecule has 14 aromatic rings. The fourth-order valence-electron chi connectivity index (χ4n) is 18.4. The number of anilines is 4. The summed E-state index contributed by atoms with van der Waals surface area (Å²) in [5.41, 5.74) is 14.6. The molecule has 1 aliphatic carbocycles. The van der Waals surface area contributed by atoms with Crippen molar-refractivity contribution in [1.29, 1.82) is 0 Å². The zero-order chi connectivity index (χ0) is 97.7. The molecule has 28 heteroatoms. The molecule has 4 saturated heterocycles. The zero-order valence-electron chi connectivity index (χ0n) is 74.6. The lowest BCUT2D eigenvalue weighted by atomic mass is 9.89. The molecule has 0 radical (unpaired) electrons. The Morgan fingerprint density at radius 3 is 0.885 bits per heavy atom. The third-order valence-electron chi connectivity index (χ3n) is 25.5. The first kappa shape index (κ1) is 102. The Labute approximate surface area is 878 Å². The number of rotatable bonds is 18. The van der Waals surface area contributed by atoms with Crippen molar-refractivity contribution >= 4 is 220 Å². The standard InChI is InChI=1S/2C30H25Cl3N2O.C27H21Cl3N2O3.C24H19Cl5N2O/c31-24-13-11-21(12-14-24)28-20-34(17-18-35(28)27-16-15-25(32)19-26(27)33)30(36)29(22-7-3-1-4-8-22)23-9-5-2-6-10-23;31-25-12-10-24(11-13-25)29-20-34(16-17-35(29)28-15-14-26(32)19-27(28)33)30(36)18-21-6-8-23(9-7-21)22-4-2-1-3-5-22;28-17-7-5-16(6-8-17)24-15-31(11-12-32(24)23-10-9-18(29)13-22(23)30)25(33)14-21-26(34)19-3-1-2-4-20(19)27(21)35;25-17-4-2-16(3-5-17)23-14-30(24(32)12-15-1-7-19(27)20(28)11-15)9-10-31(23)22-8-6-18(26)13-21(22)29/h1-16,19,28-29H,17-18,20H2;1-15,19,29H,16-18,20H2;1-10,13,21,24H,11-12,14-15H2;1-8,11,13,23H,9-10,12,14H2. The minimum Gasteiger partial charge on any atom is -0.360 e. The van der Waals surface area contributed by atoms with Crippen LogP contribution in [0.4, 0.5) is 22.7 Å². The Balaban J connectivity index is 0.000000134. The van der Waals surface area contributed by atoms with Crippen molar-refractivity contribution in [3.8, 4) is 11.1 Å². The van der Waals surface area contributed by atoms with Gasteiger partial charge in [-0.25, -0.2) is 0 Å². The highest BCUT2D eigenvalue weighted by Crippen LogP contribution is 2.45. The Hall–Kier alpha value is -10.4.